The van der Waals surface area contributed by atoms with Crippen LogP contribution in [0, 0.1) is 5.92 Å². The summed E-state index contributed by atoms with van der Waals surface area (Å²) in [6, 6.07) is -1.23. The van der Waals surface area contributed by atoms with Crippen LogP contribution in [-0.4, -0.2) is 42.0 Å². The number of rotatable bonds is 5. The molecule has 0 spiro atoms. The van der Waals surface area contributed by atoms with E-state index in [1.165, 1.54) is 13.8 Å². The average molecular weight is 262 g/mol. The van der Waals surface area contributed by atoms with Crippen molar-refractivity contribution in [3.63, 3.8) is 0 Å². The van der Waals surface area contributed by atoms with Crippen molar-refractivity contribution in [2.45, 2.75) is 25.3 Å². The van der Waals surface area contributed by atoms with E-state index in [2.05, 4.69) is 0 Å². The first-order chi connectivity index (χ1) is 6.70. The number of carbonyl (C=O) groups excluding carboxylic acids is 1. The van der Waals surface area contributed by atoms with Crippen molar-refractivity contribution in [2.75, 3.05) is 6.61 Å². The summed E-state index contributed by atoms with van der Waals surface area (Å²) in [7, 11) is -4.62. The van der Waals surface area contributed by atoms with E-state index in [0.717, 1.165) is 0 Å². The van der Waals surface area contributed by atoms with Crippen LogP contribution >= 0.6 is 0 Å². The maximum Gasteiger partial charge on any atom is 1.00 e. The standard InChI is InChI=1S/C7H16N2O5S.Na/c1-4(2)7(15(12,13)14)9-6(11)5(8)3-10;/h4-5,7,10H,3,8H2,1-2H3,(H,9,11)(H,12,13,14);/q;+1/p-1/t5-,7?;/m0./s1. The monoisotopic (exact) mass is 262 g/mol. The second kappa shape index (κ2) is 7.59. The van der Waals surface area contributed by atoms with Gasteiger partial charge in [-0.05, 0) is 5.92 Å². The topological polar surface area (TPSA) is 133 Å². The second-order valence-corrected chi connectivity index (χ2v) is 4.95. The van der Waals surface area contributed by atoms with Gasteiger partial charge in [-0.25, -0.2) is 8.42 Å². The van der Waals surface area contributed by atoms with Crippen LogP contribution in [0.5, 0.6) is 0 Å². The molecule has 0 bridgehead atoms. The van der Waals surface area contributed by atoms with Gasteiger partial charge in [0.05, 0.1) is 6.61 Å². The number of aliphatic hydroxyl groups is 1. The van der Waals surface area contributed by atoms with Crippen molar-refractivity contribution in [3.05, 3.63) is 0 Å². The molecule has 0 fully saturated rings. The molecule has 7 nitrogen and oxygen atoms in total. The maximum atomic E-state index is 11.1. The fourth-order valence-electron chi connectivity index (χ4n) is 0.902. The molecule has 0 aromatic rings. The van der Waals surface area contributed by atoms with E-state index < -0.39 is 40.0 Å². The molecule has 1 amide bonds. The molecule has 0 saturated carbocycles. The normalized spacial score (nSPS) is 15.1. The molecule has 0 rings (SSSR count). The van der Waals surface area contributed by atoms with Gasteiger partial charge in [0.1, 0.15) is 21.5 Å². The molecule has 9 heteroatoms. The van der Waals surface area contributed by atoms with Crippen molar-refractivity contribution in [3.8, 4) is 0 Å². The Morgan fingerprint density at radius 2 is 1.94 bits per heavy atom. The van der Waals surface area contributed by atoms with Gasteiger partial charge in [0.15, 0.2) is 0 Å². The summed E-state index contributed by atoms with van der Waals surface area (Å²) < 4.78 is 32.2. The second-order valence-electron chi connectivity index (χ2n) is 3.46. The summed E-state index contributed by atoms with van der Waals surface area (Å²) in [4.78, 5) is 11.1. The number of aliphatic hydroxyl groups excluding tert-OH is 1. The summed E-state index contributed by atoms with van der Waals surface area (Å²) in [6.45, 7) is 2.34. The van der Waals surface area contributed by atoms with Crippen molar-refractivity contribution in [1.82, 2.24) is 5.32 Å². The molecular formula is C7H15N2NaO5S. The Hall–Kier alpha value is 0.300. The van der Waals surface area contributed by atoms with Crippen molar-refractivity contribution in [2.24, 2.45) is 11.7 Å². The summed E-state index contributed by atoms with van der Waals surface area (Å²) in [5.41, 5.74) is 5.15. The molecule has 0 radical (unpaired) electrons. The smallest absolute Gasteiger partial charge is 0.746 e. The van der Waals surface area contributed by atoms with Gasteiger partial charge < -0.3 is 20.7 Å². The third-order valence-electron chi connectivity index (χ3n) is 1.73. The van der Waals surface area contributed by atoms with Crippen molar-refractivity contribution in [1.29, 1.82) is 0 Å². The Morgan fingerprint density at radius 3 is 2.19 bits per heavy atom. The number of hydrogen-bond acceptors (Lipinski definition) is 6. The number of hydrogen-bond donors (Lipinski definition) is 3. The summed E-state index contributed by atoms with van der Waals surface area (Å²) in [5, 5.41) is 9.00. The van der Waals surface area contributed by atoms with Crippen LogP contribution in [0.3, 0.4) is 0 Å². The Kier molecular flexibility index (Phi) is 8.85. The quantitative estimate of drug-likeness (QED) is 0.335. The first-order valence-electron chi connectivity index (χ1n) is 4.31. The van der Waals surface area contributed by atoms with Crippen LogP contribution in [0.2, 0.25) is 0 Å². The van der Waals surface area contributed by atoms with Gasteiger partial charge in [-0.1, -0.05) is 13.8 Å². The van der Waals surface area contributed by atoms with Gasteiger partial charge in [-0.3, -0.25) is 4.79 Å². The molecule has 1 unspecified atom stereocenters. The summed E-state index contributed by atoms with van der Waals surface area (Å²) >= 11 is 0. The fraction of sp³-hybridized carbons (Fsp3) is 0.857. The molecule has 0 aromatic carbocycles. The molecule has 90 valence electrons. The van der Waals surface area contributed by atoms with E-state index >= 15 is 0 Å². The fourth-order valence-corrected chi connectivity index (χ4v) is 1.83. The first kappa shape index (κ1) is 18.7. The molecule has 4 N–H and O–H groups in total. The molecule has 2 atom stereocenters. The van der Waals surface area contributed by atoms with Crippen molar-refractivity contribution < 1.29 is 52.4 Å². The van der Waals surface area contributed by atoms with Gasteiger partial charge in [0.25, 0.3) is 0 Å². The van der Waals surface area contributed by atoms with Gasteiger partial charge >= 0.3 is 29.6 Å². The van der Waals surface area contributed by atoms with Gasteiger partial charge in [0, 0.05) is 0 Å². The Balaban J connectivity index is 0. The minimum absolute atomic E-state index is 0. The summed E-state index contributed by atoms with van der Waals surface area (Å²) in [6.07, 6.45) is 0. The molecule has 0 aliphatic heterocycles. The van der Waals surface area contributed by atoms with E-state index in [0.29, 0.717) is 0 Å². The van der Waals surface area contributed by atoms with Crippen molar-refractivity contribution >= 4 is 16.0 Å². The van der Waals surface area contributed by atoms with E-state index in [1.807, 2.05) is 5.32 Å². The zero-order valence-corrected chi connectivity index (χ0v) is 12.3. The largest absolute Gasteiger partial charge is 1.00 e. The minimum Gasteiger partial charge on any atom is -0.746 e. The molecule has 0 aliphatic rings. The molecule has 0 aliphatic carbocycles. The van der Waals surface area contributed by atoms with Crippen LogP contribution < -0.4 is 40.6 Å². The van der Waals surface area contributed by atoms with Gasteiger partial charge in [-0.15, -0.1) is 0 Å². The molecule has 0 saturated heterocycles. The zero-order chi connectivity index (χ0) is 12.2. The van der Waals surface area contributed by atoms with E-state index in [9.17, 15) is 17.8 Å². The van der Waals surface area contributed by atoms with Crippen LogP contribution in [0.4, 0.5) is 0 Å². The number of nitrogens with one attached hydrogen (secondary N) is 1. The molecule has 0 aromatic heterocycles. The van der Waals surface area contributed by atoms with Crippen LogP contribution in [0.15, 0.2) is 0 Å². The molecule has 0 heterocycles. The minimum atomic E-state index is -4.62. The van der Waals surface area contributed by atoms with Crippen LogP contribution in [0.1, 0.15) is 13.8 Å². The van der Waals surface area contributed by atoms with Gasteiger partial charge in [-0.2, -0.15) is 0 Å². The third-order valence-corrected chi connectivity index (χ3v) is 3.02. The Labute approximate surface area is 117 Å². The van der Waals surface area contributed by atoms with E-state index in [1.54, 1.807) is 0 Å². The predicted octanol–water partition coefficient (Wildman–Crippen LogP) is -5.05. The average Bonchev–Trinajstić information content (AvgIpc) is 2.09. The number of amides is 1. The van der Waals surface area contributed by atoms with E-state index in [-0.39, 0.29) is 29.6 Å². The third kappa shape index (κ3) is 6.14. The van der Waals surface area contributed by atoms with E-state index in [4.69, 9.17) is 10.8 Å². The van der Waals surface area contributed by atoms with Crippen LogP contribution in [0.25, 0.3) is 0 Å². The Morgan fingerprint density at radius 1 is 1.50 bits per heavy atom. The maximum absolute atomic E-state index is 11.1. The number of carbonyl (C=O) groups is 1. The number of nitrogens with two attached hydrogens (primary N) is 1. The first-order valence-corrected chi connectivity index (χ1v) is 5.78. The molecule has 16 heavy (non-hydrogen) atoms. The summed E-state index contributed by atoms with van der Waals surface area (Å²) in [5.74, 6) is -1.43. The van der Waals surface area contributed by atoms with Gasteiger partial charge in [0.2, 0.25) is 5.91 Å². The Bertz CT molecular complexity index is 319. The molecular weight excluding hydrogens is 247 g/mol. The zero-order valence-electron chi connectivity index (χ0n) is 9.50. The predicted molar refractivity (Wildman–Crippen MR) is 51.5 cm³/mol. The van der Waals surface area contributed by atoms with Crippen LogP contribution in [-0.2, 0) is 14.9 Å². The SMILES string of the molecule is CC(C)C(NC(=O)[C@@H](N)CO)S(=O)(=O)[O-].[Na+].